The lowest BCUT2D eigenvalue weighted by Crippen LogP contribution is -2.44. The molecule has 2 fully saturated rings. The first-order valence-electron chi connectivity index (χ1n) is 7.88. The third kappa shape index (κ3) is 3.07. The van der Waals surface area contributed by atoms with Crippen LogP contribution in [-0.4, -0.2) is 23.9 Å². The molecule has 1 saturated carbocycles. The fourth-order valence-corrected chi connectivity index (χ4v) is 3.83. The molecular formula is C16H29NO. The number of rotatable bonds is 2. The van der Waals surface area contributed by atoms with E-state index in [4.69, 9.17) is 0 Å². The first-order valence-corrected chi connectivity index (χ1v) is 7.88. The molecule has 0 bridgehead atoms. The van der Waals surface area contributed by atoms with E-state index in [9.17, 15) is 4.79 Å². The van der Waals surface area contributed by atoms with Gasteiger partial charge in [-0.05, 0) is 49.9 Å². The Bertz CT molecular complexity index is 281. The van der Waals surface area contributed by atoms with Crippen LogP contribution >= 0.6 is 0 Å². The quantitative estimate of drug-likeness (QED) is 0.732. The fraction of sp³-hybridized carbons (Fsp3) is 0.938. The number of piperidine rings is 1. The van der Waals surface area contributed by atoms with Crippen LogP contribution in [0.1, 0.15) is 59.3 Å². The molecule has 0 radical (unpaired) electrons. The standard InChI is InChI=1S/C16H29NO/c1-12(2)14-8-7-13(3)11-15(14)16(18)17-9-5-4-6-10-17/h12-15H,4-11H2,1-3H3. The van der Waals surface area contributed by atoms with Gasteiger partial charge >= 0.3 is 0 Å². The van der Waals surface area contributed by atoms with Gasteiger partial charge in [-0.2, -0.15) is 0 Å². The zero-order valence-electron chi connectivity index (χ0n) is 12.3. The van der Waals surface area contributed by atoms with E-state index in [0.29, 0.717) is 23.7 Å². The predicted octanol–water partition coefficient (Wildman–Crippen LogP) is 3.71. The van der Waals surface area contributed by atoms with Crippen molar-refractivity contribution >= 4 is 5.91 Å². The molecule has 3 unspecified atom stereocenters. The molecule has 0 N–H and O–H groups in total. The molecule has 2 rings (SSSR count). The Labute approximate surface area is 112 Å². The van der Waals surface area contributed by atoms with E-state index < -0.39 is 0 Å². The summed E-state index contributed by atoms with van der Waals surface area (Å²) in [5, 5.41) is 0. The van der Waals surface area contributed by atoms with Crippen molar-refractivity contribution in [3.8, 4) is 0 Å². The van der Waals surface area contributed by atoms with Crippen LogP contribution < -0.4 is 0 Å². The summed E-state index contributed by atoms with van der Waals surface area (Å²) in [6, 6.07) is 0. The lowest BCUT2D eigenvalue weighted by molar-refractivity contribution is -0.141. The topological polar surface area (TPSA) is 20.3 Å². The fourth-order valence-electron chi connectivity index (χ4n) is 3.83. The Balaban J connectivity index is 2.04. The van der Waals surface area contributed by atoms with Gasteiger partial charge in [0.15, 0.2) is 0 Å². The van der Waals surface area contributed by atoms with Gasteiger partial charge in [0.05, 0.1) is 0 Å². The van der Waals surface area contributed by atoms with Crippen molar-refractivity contribution in [2.75, 3.05) is 13.1 Å². The highest BCUT2D eigenvalue weighted by Crippen LogP contribution is 2.39. The molecule has 3 atom stereocenters. The Kier molecular flexibility index (Phi) is 4.69. The highest BCUT2D eigenvalue weighted by molar-refractivity contribution is 5.79. The van der Waals surface area contributed by atoms with Gasteiger partial charge in [-0.1, -0.05) is 27.2 Å². The summed E-state index contributed by atoms with van der Waals surface area (Å²) in [5.41, 5.74) is 0. The molecule has 18 heavy (non-hydrogen) atoms. The second kappa shape index (κ2) is 6.08. The van der Waals surface area contributed by atoms with E-state index in [0.717, 1.165) is 25.4 Å². The average Bonchev–Trinajstić information content (AvgIpc) is 2.38. The lowest BCUT2D eigenvalue weighted by Gasteiger charge is -2.40. The SMILES string of the molecule is CC1CCC(C(C)C)C(C(=O)N2CCCCC2)C1. The highest BCUT2D eigenvalue weighted by Gasteiger charge is 2.37. The first kappa shape index (κ1) is 13.9. The lowest BCUT2D eigenvalue weighted by atomic mass is 9.69. The summed E-state index contributed by atoms with van der Waals surface area (Å²) >= 11 is 0. The van der Waals surface area contributed by atoms with Crippen LogP contribution in [-0.2, 0) is 4.79 Å². The monoisotopic (exact) mass is 251 g/mol. The molecule has 1 heterocycles. The summed E-state index contributed by atoms with van der Waals surface area (Å²) < 4.78 is 0. The van der Waals surface area contributed by atoms with Gasteiger partial charge in [0.25, 0.3) is 0 Å². The minimum absolute atomic E-state index is 0.312. The largest absolute Gasteiger partial charge is 0.342 e. The van der Waals surface area contributed by atoms with Crippen molar-refractivity contribution in [1.82, 2.24) is 4.90 Å². The van der Waals surface area contributed by atoms with E-state index in [1.807, 2.05) is 0 Å². The average molecular weight is 251 g/mol. The smallest absolute Gasteiger partial charge is 0.225 e. The normalized spacial score (nSPS) is 33.8. The van der Waals surface area contributed by atoms with E-state index in [1.54, 1.807) is 0 Å². The van der Waals surface area contributed by atoms with Gasteiger partial charge in [-0.25, -0.2) is 0 Å². The molecule has 2 aliphatic rings. The number of nitrogens with zero attached hydrogens (tertiary/aromatic N) is 1. The van der Waals surface area contributed by atoms with Gasteiger partial charge < -0.3 is 4.90 Å². The molecule has 1 aliphatic carbocycles. The Hall–Kier alpha value is -0.530. The van der Waals surface area contributed by atoms with Crippen LogP contribution in [0, 0.1) is 23.7 Å². The van der Waals surface area contributed by atoms with Crippen molar-refractivity contribution in [3.63, 3.8) is 0 Å². The molecule has 0 aromatic carbocycles. The predicted molar refractivity (Wildman–Crippen MR) is 75.3 cm³/mol. The summed E-state index contributed by atoms with van der Waals surface area (Å²) in [7, 11) is 0. The third-order valence-electron chi connectivity index (χ3n) is 5.01. The van der Waals surface area contributed by atoms with Gasteiger partial charge in [0, 0.05) is 19.0 Å². The zero-order chi connectivity index (χ0) is 13.1. The summed E-state index contributed by atoms with van der Waals surface area (Å²) in [4.78, 5) is 14.9. The van der Waals surface area contributed by atoms with Crippen molar-refractivity contribution < 1.29 is 4.79 Å². The number of amides is 1. The van der Waals surface area contributed by atoms with Crippen molar-refractivity contribution in [3.05, 3.63) is 0 Å². The number of carbonyl (C=O) groups is 1. The number of likely N-dealkylation sites (tertiary alicyclic amines) is 1. The summed E-state index contributed by atoms with van der Waals surface area (Å²) in [6.07, 6.45) is 7.41. The van der Waals surface area contributed by atoms with E-state index in [2.05, 4.69) is 25.7 Å². The molecule has 0 spiro atoms. The minimum Gasteiger partial charge on any atom is -0.342 e. The first-order chi connectivity index (χ1) is 8.59. The Morgan fingerprint density at radius 2 is 1.78 bits per heavy atom. The van der Waals surface area contributed by atoms with Crippen LogP contribution in [0.15, 0.2) is 0 Å². The maximum Gasteiger partial charge on any atom is 0.225 e. The Morgan fingerprint density at radius 1 is 1.11 bits per heavy atom. The minimum atomic E-state index is 0.312. The highest BCUT2D eigenvalue weighted by atomic mass is 16.2. The van der Waals surface area contributed by atoms with Gasteiger partial charge in [-0.3, -0.25) is 4.79 Å². The second-order valence-corrected chi connectivity index (χ2v) is 6.82. The van der Waals surface area contributed by atoms with Crippen molar-refractivity contribution in [1.29, 1.82) is 0 Å². The van der Waals surface area contributed by atoms with Gasteiger partial charge in [0.1, 0.15) is 0 Å². The zero-order valence-corrected chi connectivity index (χ0v) is 12.3. The maximum atomic E-state index is 12.7. The third-order valence-corrected chi connectivity index (χ3v) is 5.01. The molecule has 104 valence electrons. The summed E-state index contributed by atoms with van der Waals surface area (Å²) in [5.74, 6) is 2.79. The van der Waals surface area contributed by atoms with Crippen LogP contribution in [0.4, 0.5) is 0 Å². The molecule has 1 saturated heterocycles. The molecule has 2 heteroatoms. The maximum absolute atomic E-state index is 12.7. The van der Waals surface area contributed by atoms with Crippen LogP contribution in [0.5, 0.6) is 0 Å². The van der Waals surface area contributed by atoms with Crippen LogP contribution in [0.25, 0.3) is 0 Å². The second-order valence-electron chi connectivity index (χ2n) is 6.82. The Morgan fingerprint density at radius 3 is 2.39 bits per heavy atom. The van der Waals surface area contributed by atoms with Crippen LogP contribution in [0.2, 0.25) is 0 Å². The molecule has 0 aromatic rings. The summed E-state index contributed by atoms with van der Waals surface area (Å²) in [6.45, 7) is 8.91. The molecular weight excluding hydrogens is 222 g/mol. The van der Waals surface area contributed by atoms with Gasteiger partial charge in [0.2, 0.25) is 5.91 Å². The van der Waals surface area contributed by atoms with Gasteiger partial charge in [-0.15, -0.1) is 0 Å². The molecule has 0 aromatic heterocycles. The van der Waals surface area contributed by atoms with Crippen molar-refractivity contribution in [2.24, 2.45) is 23.7 Å². The number of hydrogen-bond acceptors (Lipinski definition) is 1. The van der Waals surface area contributed by atoms with E-state index in [-0.39, 0.29) is 0 Å². The number of carbonyl (C=O) groups excluding carboxylic acids is 1. The van der Waals surface area contributed by atoms with Crippen molar-refractivity contribution in [2.45, 2.75) is 59.3 Å². The van der Waals surface area contributed by atoms with E-state index >= 15 is 0 Å². The van der Waals surface area contributed by atoms with E-state index in [1.165, 1.54) is 32.1 Å². The molecule has 1 amide bonds. The molecule has 2 nitrogen and oxygen atoms in total. The molecule has 1 aliphatic heterocycles. The van der Waals surface area contributed by atoms with Crippen LogP contribution in [0.3, 0.4) is 0 Å². The number of hydrogen-bond donors (Lipinski definition) is 0.